The van der Waals surface area contributed by atoms with Crippen molar-refractivity contribution in [3.63, 3.8) is 0 Å². The van der Waals surface area contributed by atoms with E-state index in [9.17, 15) is 0 Å². The minimum absolute atomic E-state index is 0.644. The molecule has 0 heterocycles. The van der Waals surface area contributed by atoms with Gasteiger partial charge in [0.1, 0.15) is 0 Å². The topological polar surface area (TPSA) is 12.0 Å². The minimum atomic E-state index is 0.644. The van der Waals surface area contributed by atoms with E-state index in [0.717, 1.165) is 11.7 Å². The first kappa shape index (κ1) is 14.6. The molecule has 1 aromatic carbocycles. The first-order valence-electron chi connectivity index (χ1n) is 6.42. The van der Waals surface area contributed by atoms with E-state index < -0.39 is 0 Å². The molecule has 0 aliphatic heterocycles. The SMILES string of the molecule is CNC(CSCc1ccc(C)cc1)CC(C)C. The molecule has 0 radical (unpaired) electrons. The molecule has 0 bridgehead atoms. The van der Waals surface area contributed by atoms with E-state index in [0.29, 0.717) is 6.04 Å². The maximum absolute atomic E-state index is 3.41. The lowest BCUT2D eigenvalue weighted by molar-refractivity contribution is 0.474. The zero-order valence-electron chi connectivity index (χ0n) is 11.5. The predicted octanol–water partition coefficient (Wildman–Crippen LogP) is 3.86. The van der Waals surface area contributed by atoms with Crippen LogP contribution in [0.1, 0.15) is 31.4 Å². The van der Waals surface area contributed by atoms with Crippen molar-refractivity contribution < 1.29 is 0 Å². The highest BCUT2D eigenvalue weighted by molar-refractivity contribution is 7.98. The molecule has 1 nitrogen and oxygen atoms in total. The van der Waals surface area contributed by atoms with E-state index in [-0.39, 0.29) is 0 Å². The predicted molar refractivity (Wildman–Crippen MR) is 79.6 cm³/mol. The first-order chi connectivity index (χ1) is 8.11. The van der Waals surface area contributed by atoms with Gasteiger partial charge in [-0.1, -0.05) is 43.7 Å². The van der Waals surface area contributed by atoms with Gasteiger partial charge in [0.2, 0.25) is 0 Å². The normalized spacial score (nSPS) is 13.0. The average Bonchev–Trinajstić information content (AvgIpc) is 2.30. The first-order valence-corrected chi connectivity index (χ1v) is 7.58. The molecule has 0 fully saturated rings. The number of thioether (sulfide) groups is 1. The van der Waals surface area contributed by atoms with Gasteiger partial charge in [-0.3, -0.25) is 0 Å². The molecule has 96 valence electrons. The van der Waals surface area contributed by atoms with E-state index in [1.54, 1.807) is 0 Å². The molecule has 1 rings (SSSR count). The fourth-order valence-electron chi connectivity index (χ4n) is 1.84. The van der Waals surface area contributed by atoms with Crippen LogP contribution in [0.2, 0.25) is 0 Å². The van der Waals surface area contributed by atoms with Crippen LogP contribution in [0.15, 0.2) is 24.3 Å². The Morgan fingerprint density at radius 1 is 1.18 bits per heavy atom. The highest BCUT2D eigenvalue weighted by Gasteiger charge is 2.08. The molecule has 1 aromatic rings. The third-order valence-electron chi connectivity index (χ3n) is 2.87. The van der Waals surface area contributed by atoms with E-state index in [1.807, 2.05) is 11.8 Å². The van der Waals surface area contributed by atoms with Gasteiger partial charge in [0, 0.05) is 17.5 Å². The molecule has 0 saturated heterocycles. The second-order valence-corrected chi connectivity index (χ2v) is 6.15. The lowest BCUT2D eigenvalue weighted by Gasteiger charge is -2.17. The van der Waals surface area contributed by atoms with Crippen molar-refractivity contribution in [2.24, 2.45) is 5.92 Å². The largest absolute Gasteiger partial charge is 0.316 e. The lowest BCUT2D eigenvalue weighted by atomic mass is 10.1. The van der Waals surface area contributed by atoms with Gasteiger partial charge in [0.05, 0.1) is 0 Å². The molecule has 1 N–H and O–H groups in total. The fourth-order valence-corrected chi connectivity index (χ4v) is 2.97. The summed E-state index contributed by atoms with van der Waals surface area (Å²) in [4.78, 5) is 0. The summed E-state index contributed by atoms with van der Waals surface area (Å²) in [5, 5.41) is 3.41. The van der Waals surface area contributed by atoms with Crippen LogP contribution in [0.25, 0.3) is 0 Å². The van der Waals surface area contributed by atoms with Crippen LogP contribution in [-0.2, 0) is 5.75 Å². The Kier molecular flexibility index (Phi) is 6.68. The number of aryl methyl sites for hydroxylation is 1. The Hall–Kier alpha value is -0.470. The van der Waals surface area contributed by atoms with Gasteiger partial charge in [-0.25, -0.2) is 0 Å². The standard InChI is InChI=1S/C15H25NS/c1-12(2)9-15(16-4)11-17-10-14-7-5-13(3)6-8-14/h5-8,12,15-16H,9-11H2,1-4H3. The van der Waals surface area contributed by atoms with Crippen LogP contribution in [-0.4, -0.2) is 18.8 Å². The quantitative estimate of drug-likeness (QED) is 0.789. The third kappa shape index (κ3) is 6.13. The minimum Gasteiger partial charge on any atom is -0.316 e. The smallest absolute Gasteiger partial charge is 0.0185 e. The van der Waals surface area contributed by atoms with Gasteiger partial charge < -0.3 is 5.32 Å². The summed E-state index contributed by atoms with van der Waals surface area (Å²) in [5.41, 5.74) is 2.77. The number of benzene rings is 1. The van der Waals surface area contributed by atoms with Crippen molar-refractivity contribution in [1.82, 2.24) is 5.32 Å². The number of nitrogens with one attached hydrogen (secondary N) is 1. The molecule has 1 atom stereocenters. The average molecular weight is 251 g/mol. The summed E-state index contributed by atoms with van der Waals surface area (Å²) >= 11 is 2.02. The molecule has 0 aliphatic rings. The Morgan fingerprint density at radius 2 is 1.82 bits per heavy atom. The van der Waals surface area contributed by atoms with E-state index in [1.165, 1.54) is 23.3 Å². The monoisotopic (exact) mass is 251 g/mol. The summed E-state index contributed by atoms with van der Waals surface area (Å²) in [6.07, 6.45) is 1.26. The second-order valence-electron chi connectivity index (χ2n) is 5.12. The van der Waals surface area contributed by atoms with Gasteiger partial charge in [-0.2, -0.15) is 11.8 Å². The van der Waals surface area contributed by atoms with E-state index in [2.05, 4.69) is 57.4 Å². The van der Waals surface area contributed by atoms with Gasteiger partial charge in [-0.15, -0.1) is 0 Å². The van der Waals surface area contributed by atoms with Crippen molar-refractivity contribution >= 4 is 11.8 Å². The fraction of sp³-hybridized carbons (Fsp3) is 0.600. The van der Waals surface area contributed by atoms with Crippen LogP contribution >= 0.6 is 11.8 Å². The van der Waals surface area contributed by atoms with Crippen LogP contribution in [0.4, 0.5) is 0 Å². The molecule has 0 aliphatic carbocycles. The second kappa shape index (κ2) is 7.78. The van der Waals surface area contributed by atoms with Gasteiger partial charge in [-0.05, 0) is 31.9 Å². The van der Waals surface area contributed by atoms with Crippen molar-refractivity contribution in [1.29, 1.82) is 0 Å². The Labute approximate surface area is 110 Å². The summed E-state index contributed by atoms with van der Waals surface area (Å²) in [6, 6.07) is 9.50. The maximum Gasteiger partial charge on any atom is 0.0185 e. The van der Waals surface area contributed by atoms with Crippen LogP contribution in [0, 0.1) is 12.8 Å². The number of hydrogen-bond acceptors (Lipinski definition) is 2. The van der Waals surface area contributed by atoms with Gasteiger partial charge in [0.25, 0.3) is 0 Å². The molecule has 0 spiro atoms. The molecule has 0 aromatic heterocycles. The van der Waals surface area contributed by atoms with Crippen molar-refractivity contribution in [3.8, 4) is 0 Å². The number of hydrogen-bond donors (Lipinski definition) is 1. The highest BCUT2D eigenvalue weighted by atomic mass is 32.2. The molecule has 1 unspecified atom stereocenters. The molecular weight excluding hydrogens is 226 g/mol. The zero-order valence-corrected chi connectivity index (χ0v) is 12.3. The summed E-state index contributed by atoms with van der Waals surface area (Å²) in [5.74, 6) is 3.09. The summed E-state index contributed by atoms with van der Waals surface area (Å²) < 4.78 is 0. The Balaban J connectivity index is 2.28. The Bertz CT molecular complexity index is 305. The Morgan fingerprint density at radius 3 is 2.35 bits per heavy atom. The number of rotatable bonds is 7. The molecule has 17 heavy (non-hydrogen) atoms. The molecule has 2 heteroatoms. The zero-order chi connectivity index (χ0) is 12.7. The van der Waals surface area contributed by atoms with E-state index in [4.69, 9.17) is 0 Å². The van der Waals surface area contributed by atoms with Crippen LogP contribution < -0.4 is 5.32 Å². The van der Waals surface area contributed by atoms with Crippen molar-refractivity contribution in [3.05, 3.63) is 35.4 Å². The molecule has 0 saturated carbocycles. The summed E-state index contributed by atoms with van der Waals surface area (Å²) in [7, 11) is 2.07. The third-order valence-corrected chi connectivity index (χ3v) is 4.05. The lowest BCUT2D eigenvalue weighted by Crippen LogP contribution is -2.29. The van der Waals surface area contributed by atoms with Crippen LogP contribution in [0.3, 0.4) is 0 Å². The molecular formula is C15H25NS. The van der Waals surface area contributed by atoms with Crippen molar-refractivity contribution in [2.45, 2.75) is 39.0 Å². The highest BCUT2D eigenvalue weighted by Crippen LogP contribution is 2.16. The van der Waals surface area contributed by atoms with Crippen molar-refractivity contribution in [2.75, 3.05) is 12.8 Å². The van der Waals surface area contributed by atoms with Gasteiger partial charge >= 0.3 is 0 Å². The van der Waals surface area contributed by atoms with Crippen LogP contribution in [0.5, 0.6) is 0 Å². The summed E-state index contributed by atoms with van der Waals surface area (Å²) in [6.45, 7) is 6.71. The maximum atomic E-state index is 3.41. The van der Waals surface area contributed by atoms with Gasteiger partial charge in [0.15, 0.2) is 0 Å². The molecule has 0 amide bonds. The van der Waals surface area contributed by atoms with E-state index >= 15 is 0 Å².